The van der Waals surface area contributed by atoms with Crippen LogP contribution < -0.4 is 5.30 Å². The van der Waals surface area contributed by atoms with E-state index in [1.165, 1.54) is 0 Å². The molecule has 0 atom stereocenters. The zero-order valence-corrected chi connectivity index (χ0v) is 16.5. The van der Waals surface area contributed by atoms with E-state index in [0.717, 1.165) is 18.2 Å². The summed E-state index contributed by atoms with van der Waals surface area (Å²) in [5.41, 5.74) is -5.07. The molecular formula is C18H3F10PSe. The molecule has 0 aliphatic carbocycles. The van der Waals surface area contributed by atoms with Gasteiger partial charge in [0, 0.05) is 0 Å². The maximum atomic E-state index is 14.4. The first-order valence-electron chi connectivity index (χ1n) is 7.54. The number of rotatable bonds is 3. The molecule has 0 radical (unpaired) electrons. The van der Waals surface area contributed by atoms with Crippen molar-refractivity contribution in [2.45, 2.75) is 0 Å². The molecule has 3 rings (SSSR count). The summed E-state index contributed by atoms with van der Waals surface area (Å²) in [6.07, 6.45) is 0. The Morgan fingerprint density at radius 2 is 0.833 bits per heavy atom. The van der Waals surface area contributed by atoms with Crippen molar-refractivity contribution in [3.05, 3.63) is 76.4 Å². The molecule has 12 heteroatoms. The number of halogens is 10. The minimum atomic E-state index is -2.48. The third-order valence-corrected chi connectivity index (χ3v) is 5.89. The molecule has 0 saturated carbocycles. The van der Waals surface area contributed by atoms with Crippen LogP contribution in [0.25, 0.3) is 22.3 Å². The monoisotopic (exact) mass is 520 g/mol. The fourth-order valence-electron chi connectivity index (χ4n) is 2.75. The molecule has 0 aromatic heterocycles. The SMILES string of the molecule is Fc1c(F)c(F)c(-c2cccc(P=[Se])c2-c2c(F)c(F)c(F)c(F)c2F)c(F)c1F. The van der Waals surface area contributed by atoms with Crippen molar-refractivity contribution in [2.75, 3.05) is 0 Å². The molecule has 3 aromatic carbocycles. The molecule has 0 aliphatic heterocycles. The van der Waals surface area contributed by atoms with Crippen LogP contribution in [0.3, 0.4) is 0 Å². The van der Waals surface area contributed by atoms with Crippen molar-refractivity contribution in [1.82, 2.24) is 0 Å². The zero-order chi connectivity index (χ0) is 22.5. The van der Waals surface area contributed by atoms with Crippen LogP contribution in [0.2, 0.25) is 0 Å². The maximum absolute atomic E-state index is 14.4. The Hall–Kier alpha value is -2.22. The quantitative estimate of drug-likeness (QED) is 0.130. The second-order valence-electron chi connectivity index (χ2n) is 5.68. The molecule has 0 heterocycles. The van der Waals surface area contributed by atoms with E-state index in [9.17, 15) is 43.9 Å². The summed E-state index contributed by atoms with van der Waals surface area (Å²) in [5, 5.41) is -0.250. The van der Waals surface area contributed by atoms with E-state index in [1.54, 1.807) is 0 Å². The van der Waals surface area contributed by atoms with Gasteiger partial charge in [-0.3, -0.25) is 0 Å². The van der Waals surface area contributed by atoms with E-state index >= 15 is 0 Å². The third-order valence-electron chi connectivity index (χ3n) is 4.08. The van der Waals surface area contributed by atoms with Gasteiger partial charge >= 0.3 is 170 Å². The van der Waals surface area contributed by atoms with E-state index in [0.29, 0.717) is 0 Å². The van der Waals surface area contributed by atoms with Crippen molar-refractivity contribution in [2.24, 2.45) is 0 Å². The predicted molar refractivity (Wildman–Crippen MR) is 89.2 cm³/mol. The van der Waals surface area contributed by atoms with Crippen molar-refractivity contribution in [3.8, 4) is 22.3 Å². The summed E-state index contributed by atoms with van der Waals surface area (Å²) in [6, 6.07) is 2.87. The summed E-state index contributed by atoms with van der Waals surface area (Å²) < 4.78 is 139. The number of hydrogen-bond acceptors (Lipinski definition) is 0. The third kappa shape index (κ3) is 3.25. The first-order chi connectivity index (χ1) is 14.0. The van der Waals surface area contributed by atoms with Crippen LogP contribution in [0.4, 0.5) is 43.9 Å². The van der Waals surface area contributed by atoms with Gasteiger partial charge in [-0.25, -0.2) is 0 Å². The molecule has 0 amide bonds. The molecule has 0 N–H and O–H groups in total. The summed E-state index contributed by atoms with van der Waals surface area (Å²) in [7, 11) is 0. The Labute approximate surface area is 170 Å². The molecule has 0 saturated heterocycles. The summed E-state index contributed by atoms with van der Waals surface area (Å²) in [5.74, 6) is -23.7. The van der Waals surface area contributed by atoms with Crippen molar-refractivity contribution in [3.63, 3.8) is 0 Å². The molecule has 0 bridgehead atoms. The Morgan fingerprint density at radius 3 is 1.23 bits per heavy atom. The van der Waals surface area contributed by atoms with Gasteiger partial charge in [-0.05, 0) is 0 Å². The first kappa shape index (κ1) is 22.5. The first-order valence-corrected chi connectivity index (χ1v) is 10.7. The van der Waals surface area contributed by atoms with Gasteiger partial charge in [-0.2, -0.15) is 0 Å². The Balaban J connectivity index is 2.57. The summed E-state index contributed by atoms with van der Waals surface area (Å²) >= 11 is 2.36. The van der Waals surface area contributed by atoms with Gasteiger partial charge in [-0.15, -0.1) is 0 Å². The molecule has 3 aromatic rings. The molecule has 0 aliphatic rings. The van der Waals surface area contributed by atoms with Crippen LogP contribution in [0.5, 0.6) is 0 Å². The van der Waals surface area contributed by atoms with Crippen LogP contribution >= 0.6 is 6.83 Å². The van der Waals surface area contributed by atoms with Gasteiger partial charge in [-0.1, -0.05) is 0 Å². The minimum absolute atomic E-state index is 0.00687. The number of hydrogen-bond donors (Lipinski definition) is 0. The van der Waals surface area contributed by atoms with Gasteiger partial charge < -0.3 is 0 Å². The van der Waals surface area contributed by atoms with Gasteiger partial charge in [0.05, 0.1) is 0 Å². The molecule has 0 spiro atoms. The average Bonchev–Trinajstić information content (AvgIpc) is 2.74. The number of benzene rings is 3. The Morgan fingerprint density at radius 1 is 0.467 bits per heavy atom. The summed E-state index contributed by atoms with van der Waals surface area (Å²) in [6.45, 7) is 0.00687. The fourth-order valence-corrected chi connectivity index (χ4v) is 4.18. The predicted octanol–water partition coefficient (Wildman–Crippen LogP) is 6.07. The van der Waals surface area contributed by atoms with Crippen molar-refractivity contribution < 1.29 is 43.9 Å². The molecule has 0 unspecified atom stereocenters. The van der Waals surface area contributed by atoms with Crippen LogP contribution in [0.1, 0.15) is 0 Å². The van der Waals surface area contributed by atoms with Crippen LogP contribution in [0.15, 0.2) is 18.2 Å². The average molecular weight is 519 g/mol. The second-order valence-corrected chi connectivity index (χ2v) is 7.49. The second kappa shape index (κ2) is 8.13. The normalized spacial score (nSPS) is 11.4. The van der Waals surface area contributed by atoms with E-state index < -0.39 is 80.4 Å². The van der Waals surface area contributed by atoms with E-state index in [2.05, 4.69) is 15.1 Å². The molecule has 30 heavy (non-hydrogen) atoms. The van der Waals surface area contributed by atoms with Gasteiger partial charge in [0.1, 0.15) is 0 Å². The summed E-state index contributed by atoms with van der Waals surface area (Å²) in [4.78, 5) is 0. The fraction of sp³-hybridized carbons (Fsp3) is 0. The van der Waals surface area contributed by atoms with Gasteiger partial charge in [0.25, 0.3) is 0 Å². The van der Waals surface area contributed by atoms with E-state index in [-0.39, 0.29) is 12.1 Å². The van der Waals surface area contributed by atoms with Crippen molar-refractivity contribution >= 4 is 27.2 Å². The van der Waals surface area contributed by atoms with Crippen LogP contribution in [-0.4, -0.2) is 15.1 Å². The molecule has 156 valence electrons. The van der Waals surface area contributed by atoms with E-state index in [1.807, 2.05) is 0 Å². The Bertz CT molecular complexity index is 1170. The van der Waals surface area contributed by atoms with Crippen LogP contribution in [-0.2, 0) is 0 Å². The zero-order valence-electron chi connectivity index (χ0n) is 13.9. The van der Waals surface area contributed by atoms with Gasteiger partial charge in [0.2, 0.25) is 0 Å². The molecule has 0 fully saturated rings. The van der Waals surface area contributed by atoms with E-state index in [4.69, 9.17) is 0 Å². The Kier molecular flexibility index (Phi) is 6.09. The van der Waals surface area contributed by atoms with Crippen molar-refractivity contribution in [1.29, 1.82) is 0 Å². The molecule has 0 nitrogen and oxygen atoms in total. The molecular weight excluding hydrogens is 516 g/mol. The standard InChI is InChI=1S/C18H3F10PSe/c19-9-7(10(20)14(24)17(27)13(9)23)4-2-1-3-5(29-30)6(4)8-11(21)15(25)18(28)16(26)12(8)22/h1-3H. The topological polar surface area (TPSA) is 0 Å². The van der Waals surface area contributed by atoms with Crippen LogP contribution in [0, 0.1) is 58.2 Å². The van der Waals surface area contributed by atoms with Gasteiger partial charge in [0.15, 0.2) is 0 Å².